The summed E-state index contributed by atoms with van der Waals surface area (Å²) in [5, 5.41) is 0. The van der Waals surface area contributed by atoms with Crippen LogP contribution in [0.25, 0.3) is 39.6 Å². The summed E-state index contributed by atoms with van der Waals surface area (Å²) in [5.74, 6) is 4.10. The molecule has 0 unspecified atom stereocenters. The van der Waals surface area contributed by atoms with Gasteiger partial charge in [-0.15, -0.1) is 6.42 Å². The van der Waals surface area contributed by atoms with Gasteiger partial charge in [0.15, 0.2) is 0 Å². The smallest absolute Gasteiger partial charge is 0.148 e. The predicted molar refractivity (Wildman–Crippen MR) is 134 cm³/mol. The van der Waals surface area contributed by atoms with E-state index in [1.165, 1.54) is 0 Å². The lowest BCUT2D eigenvalue weighted by molar-refractivity contribution is 0.370. The Labute approximate surface area is 194 Å². The second-order valence-electron chi connectivity index (χ2n) is 7.55. The molecule has 0 spiro atoms. The molecule has 0 atom stereocenters. The number of aromatic nitrogens is 2. The van der Waals surface area contributed by atoms with Crippen LogP contribution in [0.4, 0.5) is 0 Å². The highest BCUT2D eigenvalue weighted by Gasteiger charge is 2.22. The predicted octanol–water partition coefficient (Wildman–Crippen LogP) is 6.89. The van der Waals surface area contributed by atoms with Gasteiger partial charge in [0.2, 0.25) is 0 Å². The Hall–Kier alpha value is -4.55. The first-order valence-corrected chi connectivity index (χ1v) is 10.8. The highest BCUT2D eigenvalue weighted by molar-refractivity contribution is 5.84. The van der Waals surface area contributed by atoms with Gasteiger partial charge in [0.1, 0.15) is 18.2 Å². The minimum absolute atomic E-state index is 0.244. The van der Waals surface area contributed by atoms with E-state index in [0.717, 1.165) is 45.3 Å². The SMILES string of the molecule is C#CCOc1ccc(-c2nc(-c3ccccc3)c(-c3ccccc3)n2-c2ccccc2)cc1. The molecule has 0 bridgehead atoms. The largest absolute Gasteiger partial charge is 0.481 e. The third kappa shape index (κ3) is 4.15. The molecule has 0 saturated carbocycles. The number of ether oxygens (including phenoxy) is 1. The molecular weight excluding hydrogens is 404 g/mol. The lowest BCUT2D eigenvalue weighted by Crippen LogP contribution is -2.00. The zero-order chi connectivity index (χ0) is 22.5. The second kappa shape index (κ2) is 9.30. The molecular formula is C30H22N2O. The average molecular weight is 427 g/mol. The minimum Gasteiger partial charge on any atom is -0.481 e. The van der Waals surface area contributed by atoms with Crippen LogP contribution >= 0.6 is 0 Å². The molecule has 0 aliphatic heterocycles. The number of nitrogens with zero attached hydrogens (tertiary/aromatic N) is 2. The summed E-state index contributed by atoms with van der Waals surface area (Å²) in [6, 6.07) is 39.0. The van der Waals surface area contributed by atoms with Crippen LogP contribution in [0.1, 0.15) is 0 Å². The minimum atomic E-state index is 0.244. The van der Waals surface area contributed by atoms with Gasteiger partial charge < -0.3 is 4.74 Å². The lowest BCUT2D eigenvalue weighted by atomic mass is 10.0. The lowest BCUT2D eigenvalue weighted by Gasteiger charge is -2.14. The van der Waals surface area contributed by atoms with Gasteiger partial charge in [0.05, 0.1) is 11.4 Å². The van der Waals surface area contributed by atoms with Crippen LogP contribution in [0.15, 0.2) is 115 Å². The van der Waals surface area contributed by atoms with E-state index in [9.17, 15) is 0 Å². The molecule has 1 aromatic heterocycles. The van der Waals surface area contributed by atoms with Crippen LogP contribution < -0.4 is 4.74 Å². The Morgan fingerprint density at radius 1 is 0.667 bits per heavy atom. The molecule has 0 fully saturated rings. The Balaban J connectivity index is 1.77. The number of hydrogen-bond donors (Lipinski definition) is 0. The van der Waals surface area contributed by atoms with Gasteiger partial charge in [-0.05, 0) is 36.4 Å². The molecule has 0 N–H and O–H groups in total. The monoisotopic (exact) mass is 426 g/mol. The fourth-order valence-electron chi connectivity index (χ4n) is 3.93. The number of terminal acetylenes is 1. The standard InChI is InChI=1S/C30H22N2O/c1-2-22-33-27-20-18-25(19-21-27)30-31-28(23-12-6-3-7-13-23)29(24-14-8-4-9-15-24)32(30)26-16-10-5-11-17-26/h1,3-21H,22H2. The van der Waals surface area contributed by atoms with Crippen LogP contribution in [0, 0.1) is 12.3 Å². The fourth-order valence-corrected chi connectivity index (χ4v) is 3.93. The molecule has 0 aliphatic rings. The average Bonchev–Trinajstić information content (AvgIpc) is 3.30. The molecule has 0 saturated heterocycles. The highest BCUT2D eigenvalue weighted by atomic mass is 16.5. The summed E-state index contributed by atoms with van der Waals surface area (Å²) in [4.78, 5) is 5.19. The Bertz CT molecular complexity index is 1380. The first kappa shape index (κ1) is 20.4. The van der Waals surface area contributed by atoms with E-state index in [4.69, 9.17) is 16.1 Å². The summed E-state index contributed by atoms with van der Waals surface area (Å²) in [7, 11) is 0. The van der Waals surface area contributed by atoms with Crippen molar-refractivity contribution in [1.82, 2.24) is 9.55 Å². The normalized spacial score (nSPS) is 10.5. The van der Waals surface area contributed by atoms with Crippen molar-refractivity contribution in [2.75, 3.05) is 6.61 Å². The molecule has 158 valence electrons. The van der Waals surface area contributed by atoms with Crippen molar-refractivity contribution in [2.24, 2.45) is 0 Å². The summed E-state index contributed by atoms with van der Waals surface area (Å²) >= 11 is 0. The Morgan fingerprint density at radius 3 is 1.85 bits per heavy atom. The molecule has 4 aromatic carbocycles. The van der Waals surface area contributed by atoms with Crippen molar-refractivity contribution < 1.29 is 4.74 Å². The van der Waals surface area contributed by atoms with E-state index in [2.05, 4.69) is 59.0 Å². The molecule has 0 radical (unpaired) electrons. The van der Waals surface area contributed by atoms with Crippen LogP contribution in [-0.4, -0.2) is 16.2 Å². The molecule has 3 nitrogen and oxygen atoms in total. The van der Waals surface area contributed by atoms with E-state index in [1.54, 1.807) is 0 Å². The summed E-state index contributed by atoms with van der Waals surface area (Å²) in [5.41, 5.74) is 6.21. The summed E-state index contributed by atoms with van der Waals surface area (Å²) < 4.78 is 7.80. The van der Waals surface area contributed by atoms with E-state index < -0.39 is 0 Å². The van der Waals surface area contributed by atoms with Gasteiger partial charge in [-0.2, -0.15) is 0 Å². The number of hydrogen-bond acceptors (Lipinski definition) is 2. The third-order valence-electron chi connectivity index (χ3n) is 5.42. The Morgan fingerprint density at radius 2 is 1.24 bits per heavy atom. The first-order chi connectivity index (χ1) is 16.3. The van der Waals surface area contributed by atoms with Crippen molar-refractivity contribution in [3.05, 3.63) is 115 Å². The van der Waals surface area contributed by atoms with Gasteiger partial charge in [0, 0.05) is 22.4 Å². The zero-order valence-electron chi connectivity index (χ0n) is 18.1. The maximum atomic E-state index is 5.57. The first-order valence-electron chi connectivity index (χ1n) is 10.8. The van der Waals surface area contributed by atoms with Crippen LogP contribution in [0.3, 0.4) is 0 Å². The van der Waals surface area contributed by atoms with Gasteiger partial charge >= 0.3 is 0 Å². The van der Waals surface area contributed by atoms with Crippen molar-refractivity contribution in [2.45, 2.75) is 0 Å². The molecule has 5 rings (SSSR count). The second-order valence-corrected chi connectivity index (χ2v) is 7.55. The van der Waals surface area contributed by atoms with E-state index in [1.807, 2.05) is 66.7 Å². The van der Waals surface area contributed by atoms with Gasteiger partial charge in [-0.1, -0.05) is 84.8 Å². The zero-order valence-corrected chi connectivity index (χ0v) is 18.1. The van der Waals surface area contributed by atoms with E-state index in [-0.39, 0.29) is 6.61 Å². The van der Waals surface area contributed by atoms with E-state index >= 15 is 0 Å². The van der Waals surface area contributed by atoms with Gasteiger partial charge in [0.25, 0.3) is 0 Å². The summed E-state index contributed by atoms with van der Waals surface area (Å²) in [6.45, 7) is 0.244. The molecule has 33 heavy (non-hydrogen) atoms. The number of benzene rings is 4. The number of imidazole rings is 1. The van der Waals surface area contributed by atoms with Crippen LogP contribution in [0.2, 0.25) is 0 Å². The third-order valence-corrected chi connectivity index (χ3v) is 5.42. The van der Waals surface area contributed by atoms with Crippen molar-refractivity contribution in [3.63, 3.8) is 0 Å². The number of rotatable bonds is 6. The van der Waals surface area contributed by atoms with Crippen molar-refractivity contribution >= 4 is 0 Å². The summed E-state index contributed by atoms with van der Waals surface area (Å²) in [6.07, 6.45) is 5.32. The molecule has 0 amide bonds. The maximum Gasteiger partial charge on any atom is 0.148 e. The maximum absolute atomic E-state index is 5.57. The van der Waals surface area contributed by atoms with Crippen LogP contribution in [-0.2, 0) is 0 Å². The van der Waals surface area contributed by atoms with Gasteiger partial charge in [-0.3, -0.25) is 4.57 Å². The topological polar surface area (TPSA) is 27.1 Å². The fraction of sp³-hybridized carbons (Fsp3) is 0.0333. The molecule has 5 aromatic rings. The quantitative estimate of drug-likeness (QED) is 0.277. The van der Waals surface area contributed by atoms with Crippen molar-refractivity contribution in [3.8, 4) is 57.7 Å². The highest BCUT2D eigenvalue weighted by Crippen LogP contribution is 2.38. The molecule has 3 heteroatoms. The Kier molecular flexibility index (Phi) is 5.74. The van der Waals surface area contributed by atoms with Crippen molar-refractivity contribution in [1.29, 1.82) is 0 Å². The van der Waals surface area contributed by atoms with Gasteiger partial charge in [-0.25, -0.2) is 4.98 Å². The number of para-hydroxylation sites is 1. The molecule has 1 heterocycles. The van der Waals surface area contributed by atoms with E-state index in [0.29, 0.717) is 0 Å². The van der Waals surface area contributed by atoms with Crippen LogP contribution in [0.5, 0.6) is 5.75 Å². The molecule has 0 aliphatic carbocycles.